The molecule has 0 radical (unpaired) electrons. The highest BCUT2D eigenvalue weighted by Gasteiger charge is 2.21. The molecule has 0 amide bonds. The highest BCUT2D eigenvalue weighted by atomic mass is 32.1. The molecule has 3 rings (SSSR count). The standard InChI is InChI=1S/C13H12O4S/c1-16-13(15)12-5-7-4-8-9(14)2-3-17-10(8)6-11(7)18-12/h4-6,9,14H,2-3H2,1H3. The number of hydrogen-bond donors (Lipinski definition) is 1. The number of ether oxygens (including phenoxy) is 2. The predicted molar refractivity (Wildman–Crippen MR) is 68.2 cm³/mol. The first-order valence-electron chi connectivity index (χ1n) is 5.65. The molecule has 0 aliphatic carbocycles. The van der Waals surface area contributed by atoms with Crippen LogP contribution in [0.1, 0.15) is 27.8 Å². The lowest BCUT2D eigenvalue weighted by Gasteiger charge is -2.21. The fourth-order valence-electron chi connectivity index (χ4n) is 2.11. The van der Waals surface area contributed by atoms with Gasteiger partial charge in [0.05, 0.1) is 19.8 Å². The fraction of sp³-hybridized carbons (Fsp3) is 0.308. The molecule has 5 heteroatoms. The zero-order chi connectivity index (χ0) is 12.7. The fourth-order valence-corrected chi connectivity index (χ4v) is 3.10. The van der Waals surface area contributed by atoms with Crippen molar-refractivity contribution < 1.29 is 19.4 Å². The van der Waals surface area contributed by atoms with Gasteiger partial charge >= 0.3 is 5.97 Å². The Morgan fingerprint density at radius 2 is 2.33 bits per heavy atom. The second kappa shape index (κ2) is 4.26. The molecule has 1 aliphatic rings. The number of esters is 1. The van der Waals surface area contributed by atoms with E-state index in [0.29, 0.717) is 23.7 Å². The normalized spacial score (nSPS) is 18.2. The van der Waals surface area contributed by atoms with Crippen molar-refractivity contribution in [1.29, 1.82) is 0 Å². The molecule has 0 spiro atoms. The van der Waals surface area contributed by atoms with Gasteiger partial charge in [0.15, 0.2) is 0 Å². The van der Waals surface area contributed by atoms with Crippen LogP contribution in [0.4, 0.5) is 0 Å². The maximum atomic E-state index is 11.5. The third kappa shape index (κ3) is 1.76. The van der Waals surface area contributed by atoms with Crippen molar-refractivity contribution in [2.75, 3.05) is 13.7 Å². The lowest BCUT2D eigenvalue weighted by molar-refractivity contribution is 0.0606. The molecular weight excluding hydrogens is 252 g/mol. The largest absolute Gasteiger partial charge is 0.493 e. The Morgan fingerprint density at radius 3 is 3.11 bits per heavy atom. The Hall–Kier alpha value is -1.59. The Kier molecular flexibility index (Phi) is 2.72. The van der Waals surface area contributed by atoms with Crippen LogP contribution in [0.5, 0.6) is 5.75 Å². The van der Waals surface area contributed by atoms with Gasteiger partial charge in [-0.2, -0.15) is 0 Å². The van der Waals surface area contributed by atoms with E-state index in [9.17, 15) is 9.90 Å². The van der Waals surface area contributed by atoms with E-state index in [2.05, 4.69) is 0 Å². The lowest BCUT2D eigenvalue weighted by atomic mass is 10.0. The smallest absolute Gasteiger partial charge is 0.348 e. The van der Waals surface area contributed by atoms with Crippen molar-refractivity contribution >= 4 is 27.4 Å². The summed E-state index contributed by atoms with van der Waals surface area (Å²) in [5.74, 6) is 0.371. The molecular formula is C13H12O4S. The van der Waals surface area contributed by atoms with Crippen LogP contribution in [0.2, 0.25) is 0 Å². The number of benzene rings is 1. The van der Waals surface area contributed by atoms with E-state index in [1.54, 1.807) is 6.07 Å². The van der Waals surface area contributed by atoms with Gasteiger partial charge in [-0.05, 0) is 23.6 Å². The van der Waals surface area contributed by atoms with Gasteiger partial charge in [0, 0.05) is 16.7 Å². The van der Waals surface area contributed by atoms with Gasteiger partial charge in [-0.3, -0.25) is 0 Å². The van der Waals surface area contributed by atoms with Crippen LogP contribution in [0.25, 0.3) is 10.1 Å². The Labute approximate surface area is 108 Å². The van der Waals surface area contributed by atoms with E-state index in [1.807, 2.05) is 12.1 Å². The van der Waals surface area contributed by atoms with Crippen molar-refractivity contribution in [2.45, 2.75) is 12.5 Å². The molecule has 0 saturated carbocycles. The Balaban J connectivity index is 2.14. The zero-order valence-corrected chi connectivity index (χ0v) is 10.6. The highest BCUT2D eigenvalue weighted by molar-refractivity contribution is 7.20. The minimum absolute atomic E-state index is 0.337. The van der Waals surface area contributed by atoms with E-state index >= 15 is 0 Å². The van der Waals surface area contributed by atoms with Crippen molar-refractivity contribution in [3.8, 4) is 5.75 Å². The molecule has 1 aliphatic heterocycles. The first kappa shape index (κ1) is 11.5. The third-order valence-corrected chi connectivity index (χ3v) is 4.12. The number of rotatable bonds is 1. The first-order valence-corrected chi connectivity index (χ1v) is 6.47. The summed E-state index contributed by atoms with van der Waals surface area (Å²) < 4.78 is 11.2. The number of carbonyl (C=O) groups excluding carboxylic acids is 1. The van der Waals surface area contributed by atoms with E-state index < -0.39 is 6.10 Å². The van der Waals surface area contributed by atoms with E-state index in [4.69, 9.17) is 9.47 Å². The lowest BCUT2D eigenvalue weighted by Crippen LogP contribution is -2.13. The summed E-state index contributed by atoms with van der Waals surface area (Å²) in [5.41, 5.74) is 0.794. The van der Waals surface area contributed by atoms with Crippen LogP contribution >= 0.6 is 11.3 Å². The SMILES string of the molecule is COC(=O)c1cc2cc3c(cc2s1)OCCC3O. The Morgan fingerprint density at radius 1 is 1.50 bits per heavy atom. The molecule has 4 nitrogen and oxygen atoms in total. The summed E-state index contributed by atoms with van der Waals surface area (Å²) in [6.45, 7) is 0.523. The number of aliphatic hydroxyl groups excluding tert-OH is 1. The molecule has 1 aromatic heterocycles. The van der Waals surface area contributed by atoms with Crippen LogP contribution in [0.15, 0.2) is 18.2 Å². The van der Waals surface area contributed by atoms with Crippen LogP contribution < -0.4 is 4.74 Å². The zero-order valence-electron chi connectivity index (χ0n) is 9.80. The van der Waals surface area contributed by atoms with Crippen LogP contribution in [0.3, 0.4) is 0 Å². The molecule has 1 unspecified atom stereocenters. The number of hydrogen-bond acceptors (Lipinski definition) is 5. The molecule has 2 heterocycles. The van der Waals surface area contributed by atoms with Crippen molar-refractivity contribution in [2.24, 2.45) is 0 Å². The maximum Gasteiger partial charge on any atom is 0.348 e. The molecule has 2 aromatic rings. The number of thiophene rings is 1. The molecule has 1 atom stereocenters. The van der Waals surface area contributed by atoms with Gasteiger partial charge in [0.1, 0.15) is 10.6 Å². The monoisotopic (exact) mass is 264 g/mol. The third-order valence-electron chi connectivity index (χ3n) is 3.04. The molecule has 0 saturated heterocycles. The highest BCUT2D eigenvalue weighted by Crippen LogP contribution is 2.38. The van der Waals surface area contributed by atoms with E-state index in [1.165, 1.54) is 18.4 Å². The summed E-state index contributed by atoms with van der Waals surface area (Å²) in [7, 11) is 1.37. The summed E-state index contributed by atoms with van der Waals surface area (Å²) in [5, 5.41) is 10.8. The van der Waals surface area contributed by atoms with Gasteiger partial charge in [-0.25, -0.2) is 4.79 Å². The Bertz CT molecular complexity index is 617. The molecule has 18 heavy (non-hydrogen) atoms. The number of methoxy groups -OCH3 is 1. The van der Waals surface area contributed by atoms with Crippen LogP contribution in [-0.2, 0) is 4.74 Å². The molecule has 94 valence electrons. The second-order valence-electron chi connectivity index (χ2n) is 4.18. The number of fused-ring (bicyclic) bond motifs is 2. The van der Waals surface area contributed by atoms with Crippen LogP contribution in [0, 0.1) is 0 Å². The molecule has 0 bridgehead atoms. The van der Waals surface area contributed by atoms with Crippen LogP contribution in [-0.4, -0.2) is 24.8 Å². The van der Waals surface area contributed by atoms with E-state index in [-0.39, 0.29) is 5.97 Å². The topological polar surface area (TPSA) is 55.8 Å². The summed E-state index contributed by atoms with van der Waals surface area (Å²) in [6, 6.07) is 5.55. The molecule has 0 fully saturated rings. The number of aliphatic hydroxyl groups is 1. The minimum Gasteiger partial charge on any atom is -0.493 e. The van der Waals surface area contributed by atoms with Gasteiger partial charge in [-0.1, -0.05) is 0 Å². The van der Waals surface area contributed by atoms with Gasteiger partial charge < -0.3 is 14.6 Å². The predicted octanol–water partition coefficient (Wildman–Crippen LogP) is 2.50. The van der Waals surface area contributed by atoms with Crippen molar-refractivity contribution in [3.05, 3.63) is 28.6 Å². The number of carbonyl (C=O) groups is 1. The molecule has 1 N–H and O–H groups in total. The average Bonchev–Trinajstić information content (AvgIpc) is 2.79. The van der Waals surface area contributed by atoms with E-state index in [0.717, 1.165) is 15.6 Å². The van der Waals surface area contributed by atoms with Gasteiger partial charge in [0.2, 0.25) is 0 Å². The first-order chi connectivity index (χ1) is 8.69. The van der Waals surface area contributed by atoms with Crippen molar-refractivity contribution in [3.63, 3.8) is 0 Å². The van der Waals surface area contributed by atoms with Gasteiger partial charge in [-0.15, -0.1) is 11.3 Å². The average molecular weight is 264 g/mol. The summed E-state index contributed by atoms with van der Waals surface area (Å²) >= 11 is 1.37. The minimum atomic E-state index is -0.486. The van der Waals surface area contributed by atoms with Gasteiger partial charge in [0.25, 0.3) is 0 Å². The maximum absolute atomic E-state index is 11.5. The summed E-state index contributed by atoms with van der Waals surface area (Å²) in [4.78, 5) is 12.0. The second-order valence-corrected chi connectivity index (χ2v) is 5.27. The molecule has 1 aromatic carbocycles. The van der Waals surface area contributed by atoms with Crippen molar-refractivity contribution in [1.82, 2.24) is 0 Å². The quantitative estimate of drug-likeness (QED) is 0.804. The summed E-state index contributed by atoms with van der Waals surface area (Å²) in [6.07, 6.45) is 0.117.